The van der Waals surface area contributed by atoms with E-state index in [-0.39, 0.29) is 0 Å². The van der Waals surface area contributed by atoms with Crippen molar-refractivity contribution in [2.75, 3.05) is 25.9 Å². The highest BCUT2D eigenvalue weighted by atomic mass is 16.5. The standard InChI is InChI=1S/C13H20N2O2/c1-13(16)5-6-15(9-13)8-10-3-4-12(17-2)11(14)7-10/h3-4,7,16H,5-6,8-9,14H2,1-2H3. The summed E-state index contributed by atoms with van der Waals surface area (Å²) in [6, 6.07) is 5.84. The average Bonchev–Trinajstić information content (AvgIpc) is 2.58. The molecule has 1 saturated heterocycles. The van der Waals surface area contributed by atoms with Crippen molar-refractivity contribution in [1.82, 2.24) is 4.90 Å². The molecule has 1 aliphatic heterocycles. The van der Waals surface area contributed by atoms with Crippen molar-refractivity contribution < 1.29 is 9.84 Å². The molecule has 0 saturated carbocycles. The van der Waals surface area contributed by atoms with Gasteiger partial charge in [-0.25, -0.2) is 0 Å². The second-order valence-electron chi connectivity index (χ2n) is 5.03. The minimum absolute atomic E-state index is 0.544. The molecule has 1 aromatic rings. The highest BCUT2D eigenvalue weighted by Crippen LogP contribution is 2.25. The lowest BCUT2D eigenvalue weighted by atomic mass is 10.1. The normalized spacial score (nSPS) is 25.1. The van der Waals surface area contributed by atoms with Crippen LogP contribution in [-0.2, 0) is 6.54 Å². The maximum absolute atomic E-state index is 9.89. The molecule has 1 fully saturated rings. The number of benzene rings is 1. The molecule has 0 spiro atoms. The SMILES string of the molecule is COc1ccc(CN2CCC(C)(O)C2)cc1N. The third-order valence-corrected chi connectivity index (χ3v) is 3.23. The number of aliphatic hydroxyl groups is 1. The number of nitrogens with zero attached hydrogens (tertiary/aromatic N) is 1. The molecule has 0 radical (unpaired) electrons. The summed E-state index contributed by atoms with van der Waals surface area (Å²) < 4.78 is 5.12. The van der Waals surface area contributed by atoms with Crippen LogP contribution in [-0.4, -0.2) is 35.8 Å². The van der Waals surface area contributed by atoms with E-state index < -0.39 is 5.60 Å². The molecule has 4 heteroatoms. The molecule has 0 amide bonds. The second kappa shape index (κ2) is 4.55. The summed E-state index contributed by atoms with van der Waals surface area (Å²) in [5.74, 6) is 0.710. The Kier molecular flexibility index (Phi) is 3.26. The Hall–Kier alpha value is -1.26. The topological polar surface area (TPSA) is 58.7 Å². The molecule has 3 N–H and O–H groups in total. The smallest absolute Gasteiger partial charge is 0.141 e. The van der Waals surface area contributed by atoms with Gasteiger partial charge in [0.2, 0.25) is 0 Å². The van der Waals surface area contributed by atoms with Gasteiger partial charge < -0.3 is 15.6 Å². The maximum Gasteiger partial charge on any atom is 0.141 e. The van der Waals surface area contributed by atoms with Gasteiger partial charge in [-0.15, -0.1) is 0 Å². The Balaban J connectivity index is 2.02. The fourth-order valence-electron chi connectivity index (χ4n) is 2.31. The number of ether oxygens (including phenoxy) is 1. The summed E-state index contributed by atoms with van der Waals surface area (Å²) in [6.45, 7) is 4.36. The van der Waals surface area contributed by atoms with Crippen molar-refractivity contribution in [3.05, 3.63) is 23.8 Å². The first-order chi connectivity index (χ1) is 8.00. The summed E-state index contributed by atoms with van der Waals surface area (Å²) >= 11 is 0. The number of nitrogen functional groups attached to an aromatic ring is 1. The van der Waals surface area contributed by atoms with Crippen LogP contribution >= 0.6 is 0 Å². The van der Waals surface area contributed by atoms with Crippen molar-refractivity contribution in [1.29, 1.82) is 0 Å². The summed E-state index contributed by atoms with van der Waals surface area (Å²) in [4.78, 5) is 2.24. The van der Waals surface area contributed by atoms with Gasteiger partial charge in [0, 0.05) is 19.6 Å². The largest absolute Gasteiger partial charge is 0.495 e. The molecule has 2 rings (SSSR count). The Bertz CT molecular complexity index is 404. The molecular formula is C13H20N2O2. The molecule has 17 heavy (non-hydrogen) atoms. The Morgan fingerprint density at radius 3 is 2.82 bits per heavy atom. The van der Waals surface area contributed by atoms with Crippen LogP contribution < -0.4 is 10.5 Å². The van der Waals surface area contributed by atoms with Crippen LogP contribution in [0.3, 0.4) is 0 Å². The lowest BCUT2D eigenvalue weighted by molar-refractivity contribution is 0.0679. The van der Waals surface area contributed by atoms with Gasteiger partial charge in [0.1, 0.15) is 5.75 Å². The fourth-order valence-corrected chi connectivity index (χ4v) is 2.31. The van der Waals surface area contributed by atoms with Crippen LogP contribution in [0.1, 0.15) is 18.9 Å². The van der Waals surface area contributed by atoms with Gasteiger partial charge in [-0.3, -0.25) is 4.90 Å². The fraction of sp³-hybridized carbons (Fsp3) is 0.538. The van der Waals surface area contributed by atoms with Crippen LogP contribution in [0.4, 0.5) is 5.69 Å². The van der Waals surface area contributed by atoms with Crippen LogP contribution in [0.15, 0.2) is 18.2 Å². The molecule has 1 heterocycles. The van der Waals surface area contributed by atoms with E-state index in [0.29, 0.717) is 11.4 Å². The van der Waals surface area contributed by atoms with Gasteiger partial charge in [-0.05, 0) is 31.0 Å². The monoisotopic (exact) mass is 236 g/mol. The van der Waals surface area contributed by atoms with Crippen LogP contribution in [0, 0.1) is 0 Å². The van der Waals surface area contributed by atoms with Crippen molar-refractivity contribution in [3.8, 4) is 5.75 Å². The average molecular weight is 236 g/mol. The zero-order chi connectivity index (χ0) is 12.5. The summed E-state index contributed by atoms with van der Waals surface area (Å²) in [5, 5.41) is 9.89. The van der Waals surface area contributed by atoms with Gasteiger partial charge in [-0.2, -0.15) is 0 Å². The van der Waals surface area contributed by atoms with Gasteiger partial charge in [-0.1, -0.05) is 6.07 Å². The van der Waals surface area contributed by atoms with Gasteiger partial charge in [0.05, 0.1) is 18.4 Å². The zero-order valence-corrected chi connectivity index (χ0v) is 10.4. The predicted molar refractivity (Wildman–Crippen MR) is 67.9 cm³/mol. The summed E-state index contributed by atoms with van der Waals surface area (Å²) in [7, 11) is 1.61. The molecule has 4 nitrogen and oxygen atoms in total. The molecule has 1 atom stereocenters. The molecule has 1 unspecified atom stereocenters. The molecule has 0 aromatic heterocycles. The number of anilines is 1. The van der Waals surface area contributed by atoms with E-state index in [1.807, 2.05) is 25.1 Å². The van der Waals surface area contributed by atoms with E-state index in [1.165, 1.54) is 0 Å². The molecule has 94 valence electrons. The van der Waals surface area contributed by atoms with Gasteiger partial charge >= 0.3 is 0 Å². The van der Waals surface area contributed by atoms with E-state index in [4.69, 9.17) is 10.5 Å². The second-order valence-corrected chi connectivity index (χ2v) is 5.03. The molecule has 0 aliphatic carbocycles. The van der Waals surface area contributed by atoms with Crippen LogP contribution in [0.2, 0.25) is 0 Å². The van der Waals surface area contributed by atoms with E-state index in [2.05, 4.69) is 4.90 Å². The Morgan fingerprint density at radius 1 is 1.53 bits per heavy atom. The van der Waals surface area contributed by atoms with Gasteiger partial charge in [0.15, 0.2) is 0 Å². The molecular weight excluding hydrogens is 216 g/mol. The number of methoxy groups -OCH3 is 1. The lowest BCUT2D eigenvalue weighted by Gasteiger charge is -2.19. The lowest BCUT2D eigenvalue weighted by Crippen LogP contribution is -2.29. The van der Waals surface area contributed by atoms with Gasteiger partial charge in [0.25, 0.3) is 0 Å². The maximum atomic E-state index is 9.89. The first kappa shape index (κ1) is 12.2. The third kappa shape index (κ3) is 2.90. The quantitative estimate of drug-likeness (QED) is 0.775. The van der Waals surface area contributed by atoms with E-state index in [1.54, 1.807) is 7.11 Å². The summed E-state index contributed by atoms with van der Waals surface area (Å²) in [5.41, 5.74) is 7.14. The van der Waals surface area contributed by atoms with Crippen LogP contribution in [0.25, 0.3) is 0 Å². The van der Waals surface area contributed by atoms with E-state index in [0.717, 1.165) is 31.6 Å². The van der Waals surface area contributed by atoms with Crippen molar-refractivity contribution in [2.45, 2.75) is 25.5 Å². The first-order valence-electron chi connectivity index (χ1n) is 5.87. The zero-order valence-electron chi connectivity index (χ0n) is 10.4. The number of likely N-dealkylation sites (tertiary alicyclic amines) is 1. The van der Waals surface area contributed by atoms with Crippen LogP contribution in [0.5, 0.6) is 5.75 Å². The minimum Gasteiger partial charge on any atom is -0.495 e. The predicted octanol–water partition coefficient (Wildman–Crippen LogP) is 1.23. The van der Waals surface area contributed by atoms with E-state index in [9.17, 15) is 5.11 Å². The number of hydrogen-bond donors (Lipinski definition) is 2. The number of hydrogen-bond acceptors (Lipinski definition) is 4. The first-order valence-corrected chi connectivity index (χ1v) is 5.87. The van der Waals surface area contributed by atoms with Crippen molar-refractivity contribution >= 4 is 5.69 Å². The molecule has 1 aliphatic rings. The molecule has 1 aromatic carbocycles. The number of β-amino-alcohol motifs (C(OH)–C–C–N with tert-alkyl or cyclic N) is 1. The van der Waals surface area contributed by atoms with Crippen molar-refractivity contribution in [2.24, 2.45) is 0 Å². The van der Waals surface area contributed by atoms with Crippen molar-refractivity contribution in [3.63, 3.8) is 0 Å². The number of nitrogens with two attached hydrogens (primary N) is 1. The third-order valence-electron chi connectivity index (χ3n) is 3.23. The highest BCUT2D eigenvalue weighted by molar-refractivity contribution is 5.54. The molecule has 0 bridgehead atoms. The Labute approximate surface area is 102 Å². The Morgan fingerprint density at radius 2 is 2.29 bits per heavy atom. The highest BCUT2D eigenvalue weighted by Gasteiger charge is 2.30. The number of rotatable bonds is 3. The summed E-state index contributed by atoms with van der Waals surface area (Å²) in [6.07, 6.45) is 0.832. The van der Waals surface area contributed by atoms with E-state index >= 15 is 0 Å². The minimum atomic E-state index is -0.544.